The number of rotatable bonds is 8. The molecular weight excluding hydrogens is 386 g/mol. The van der Waals surface area contributed by atoms with Crippen molar-refractivity contribution in [3.63, 3.8) is 0 Å². The van der Waals surface area contributed by atoms with Crippen molar-refractivity contribution in [1.29, 1.82) is 0 Å². The molecule has 8 heteroatoms. The first-order valence-corrected chi connectivity index (χ1v) is 9.67. The molecule has 1 N–H and O–H groups in total. The molecule has 0 saturated carbocycles. The van der Waals surface area contributed by atoms with Crippen molar-refractivity contribution in [1.82, 2.24) is 4.90 Å². The second kappa shape index (κ2) is 8.77. The fourth-order valence-corrected chi connectivity index (χ4v) is 3.22. The van der Waals surface area contributed by atoms with Gasteiger partial charge < -0.3 is 10.1 Å². The molecular formula is C22H23N3O5. The van der Waals surface area contributed by atoms with E-state index >= 15 is 0 Å². The van der Waals surface area contributed by atoms with Crippen molar-refractivity contribution >= 4 is 28.8 Å². The number of carbonyl (C=O) groups excluding carboxylic acids is 2. The van der Waals surface area contributed by atoms with Crippen LogP contribution in [0.25, 0.3) is 5.57 Å². The van der Waals surface area contributed by atoms with Crippen LogP contribution in [0, 0.1) is 16.0 Å². The Balaban J connectivity index is 2.04. The van der Waals surface area contributed by atoms with E-state index in [1.54, 1.807) is 24.3 Å². The molecule has 1 heterocycles. The Morgan fingerprint density at radius 2 is 1.80 bits per heavy atom. The van der Waals surface area contributed by atoms with Gasteiger partial charge in [0.1, 0.15) is 11.4 Å². The van der Waals surface area contributed by atoms with E-state index < -0.39 is 16.7 Å². The smallest absolute Gasteiger partial charge is 0.278 e. The van der Waals surface area contributed by atoms with Crippen molar-refractivity contribution in [2.75, 3.05) is 18.5 Å². The summed E-state index contributed by atoms with van der Waals surface area (Å²) < 4.78 is 5.50. The zero-order valence-corrected chi connectivity index (χ0v) is 17.0. The molecule has 0 spiro atoms. The number of hydrogen-bond acceptors (Lipinski definition) is 6. The summed E-state index contributed by atoms with van der Waals surface area (Å²) in [5.74, 6) is -0.123. The van der Waals surface area contributed by atoms with Crippen LogP contribution in [0.1, 0.15) is 26.3 Å². The predicted molar refractivity (Wildman–Crippen MR) is 113 cm³/mol. The average molecular weight is 409 g/mol. The Morgan fingerprint density at radius 1 is 1.10 bits per heavy atom. The number of nitrogens with zero attached hydrogens (tertiary/aromatic N) is 2. The first-order valence-electron chi connectivity index (χ1n) is 9.67. The molecule has 1 aliphatic heterocycles. The minimum absolute atomic E-state index is 0.0888. The Bertz CT molecular complexity index is 1010. The van der Waals surface area contributed by atoms with Crippen LogP contribution >= 0.6 is 0 Å². The highest BCUT2D eigenvalue weighted by molar-refractivity contribution is 6.36. The summed E-state index contributed by atoms with van der Waals surface area (Å²) in [6.45, 7) is 6.49. The van der Waals surface area contributed by atoms with Gasteiger partial charge in [-0.3, -0.25) is 24.6 Å². The summed E-state index contributed by atoms with van der Waals surface area (Å²) >= 11 is 0. The number of non-ortho nitro benzene ring substituents is 1. The van der Waals surface area contributed by atoms with Crippen LogP contribution in [0.15, 0.2) is 54.2 Å². The zero-order valence-electron chi connectivity index (χ0n) is 17.0. The highest BCUT2D eigenvalue weighted by Gasteiger charge is 2.39. The minimum atomic E-state index is -0.511. The Hall–Kier alpha value is -3.68. The highest BCUT2D eigenvalue weighted by atomic mass is 16.6. The van der Waals surface area contributed by atoms with Gasteiger partial charge in [0.25, 0.3) is 17.5 Å². The maximum Gasteiger partial charge on any atom is 0.278 e. The van der Waals surface area contributed by atoms with Crippen LogP contribution in [0.3, 0.4) is 0 Å². The molecule has 1 aliphatic rings. The third-order valence-corrected chi connectivity index (χ3v) is 4.50. The van der Waals surface area contributed by atoms with Crippen LogP contribution in [-0.4, -0.2) is 34.8 Å². The van der Waals surface area contributed by atoms with Crippen LogP contribution in [0.4, 0.5) is 11.4 Å². The lowest BCUT2D eigenvalue weighted by Crippen LogP contribution is -2.35. The third kappa shape index (κ3) is 4.32. The summed E-state index contributed by atoms with van der Waals surface area (Å²) in [7, 11) is 0. The van der Waals surface area contributed by atoms with Gasteiger partial charge in [0.2, 0.25) is 0 Å². The topological polar surface area (TPSA) is 102 Å². The number of hydrogen-bond donors (Lipinski definition) is 1. The Kier molecular flexibility index (Phi) is 6.15. The molecule has 2 aromatic rings. The van der Waals surface area contributed by atoms with Gasteiger partial charge in [-0.1, -0.05) is 19.9 Å². The number of benzene rings is 2. The van der Waals surface area contributed by atoms with Crippen molar-refractivity contribution < 1.29 is 19.2 Å². The van der Waals surface area contributed by atoms with E-state index in [9.17, 15) is 19.7 Å². The zero-order chi connectivity index (χ0) is 21.8. The van der Waals surface area contributed by atoms with E-state index in [0.717, 1.165) is 0 Å². The number of imide groups is 1. The normalized spacial score (nSPS) is 13.9. The van der Waals surface area contributed by atoms with E-state index in [1.165, 1.54) is 29.2 Å². The summed E-state index contributed by atoms with van der Waals surface area (Å²) in [5, 5.41) is 14.0. The molecule has 0 aromatic heterocycles. The quantitative estimate of drug-likeness (QED) is 0.404. The van der Waals surface area contributed by atoms with Gasteiger partial charge in [-0.25, -0.2) is 0 Å². The lowest BCUT2D eigenvalue weighted by Gasteiger charge is -2.17. The van der Waals surface area contributed by atoms with E-state index in [2.05, 4.69) is 5.32 Å². The SMILES string of the molecule is CCOc1cccc(NC2=C(c3ccc([N+](=O)[O-])cc3)C(=O)N(CC(C)C)C2=O)c1. The maximum atomic E-state index is 13.1. The number of ether oxygens (including phenoxy) is 1. The van der Waals surface area contributed by atoms with E-state index in [1.807, 2.05) is 20.8 Å². The third-order valence-electron chi connectivity index (χ3n) is 4.50. The summed E-state index contributed by atoms with van der Waals surface area (Å²) in [6, 6.07) is 12.7. The average Bonchev–Trinajstić information content (AvgIpc) is 2.92. The monoisotopic (exact) mass is 409 g/mol. The lowest BCUT2D eigenvalue weighted by molar-refractivity contribution is -0.384. The molecule has 156 valence electrons. The van der Waals surface area contributed by atoms with Crippen molar-refractivity contribution in [2.45, 2.75) is 20.8 Å². The van der Waals surface area contributed by atoms with Gasteiger partial charge in [0.15, 0.2) is 0 Å². The molecule has 0 unspecified atom stereocenters. The number of nitro benzene ring substituents is 1. The van der Waals surface area contributed by atoms with Gasteiger partial charge in [0.05, 0.1) is 17.1 Å². The second-order valence-electron chi connectivity index (χ2n) is 7.25. The molecule has 30 heavy (non-hydrogen) atoms. The van der Waals surface area contributed by atoms with E-state index in [-0.39, 0.29) is 29.4 Å². The number of nitrogens with one attached hydrogen (secondary N) is 1. The fourth-order valence-electron chi connectivity index (χ4n) is 3.22. The van der Waals surface area contributed by atoms with Crippen molar-refractivity contribution in [3.8, 4) is 5.75 Å². The number of carbonyl (C=O) groups is 2. The standard InChI is InChI=1S/C22H23N3O5/c1-4-30-18-7-5-6-16(12-18)23-20-19(15-8-10-17(11-9-15)25(28)29)21(26)24(22(20)27)13-14(2)3/h5-12,14,23H,4,13H2,1-3H3. The minimum Gasteiger partial charge on any atom is -0.494 e. The van der Waals surface area contributed by atoms with Gasteiger partial charge >= 0.3 is 0 Å². The molecule has 0 saturated heterocycles. The van der Waals surface area contributed by atoms with Gasteiger partial charge in [-0.2, -0.15) is 0 Å². The molecule has 8 nitrogen and oxygen atoms in total. The van der Waals surface area contributed by atoms with E-state index in [0.29, 0.717) is 23.6 Å². The molecule has 2 aromatic carbocycles. The summed E-state index contributed by atoms with van der Waals surface area (Å²) in [5.41, 5.74) is 1.28. The number of anilines is 1. The maximum absolute atomic E-state index is 13.1. The van der Waals surface area contributed by atoms with Crippen LogP contribution < -0.4 is 10.1 Å². The Labute approximate surface area is 174 Å². The summed E-state index contributed by atoms with van der Waals surface area (Å²) in [4.78, 5) is 37.8. The molecule has 3 rings (SSSR count). The molecule has 0 atom stereocenters. The second-order valence-corrected chi connectivity index (χ2v) is 7.25. The van der Waals surface area contributed by atoms with Gasteiger partial charge in [0, 0.05) is 30.4 Å². The highest BCUT2D eigenvalue weighted by Crippen LogP contribution is 2.32. The van der Waals surface area contributed by atoms with Crippen molar-refractivity contribution in [2.24, 2.45) is 5.92 Å². The molecule has 2 amide bonds. The molecule has 0 aliphatic carbocycles. The molecule has 0 fully saturated rings. The molecule has 0 radical (unpaired) electrons. The summed E-state index contributed by atoms with van der Waals surface area (Å²) in [6.07, 6.45) is 0. The van der Waals surface area contributed by atoms with Crippen LogP contribution in [0.5, 0.6) is 5.75 Å². The van der Waals surface area contributed by atoms with Crippen LogP contribution in [0.2, 0.25) is 0 Å². The number of nitro groups is 1. The van der Waals surface area contributed by atoms with Crippen LogP contribution in [-0.2, 0) is 9.59 Å². The van der Waals surface area contributed by atoms with E-state index in [4.69, 9.17) is 4.74 Å². The predicted octanol–water partition coefficient (Wildman–Crippen LogP) is 3.84. The molecule has 0 bridgehead atoms. The number of amides is 2. The largest absolute Gasteiger partial charge is 0.494 e. The first-order chi connectivity index (χ1) is 14.3. The Morgan fingerprint density at radius 3 is 2.40 bits per heavy atom. The first kappa shape index (κ1) is 21.0. The van der Waals surface area contributed by atoms with Gasteiger partial charge in [-0.15, -0.1) is 0 Å². The van der Waals surface area contributed by atoms with Gasteiger partial charge in [-0.05, 0) is 42.7 Å². The lowest BCUT2D eigenvalue weighted by atomic mass is 10.0. The fraction of sp³-hybridized carbons (Fsp3) is 0.273. The van der Waals surface area contributed by atoms with Crippen molar-refractivity contribution in [3.05, 3.63) is 69.9 Å².